The summed E-state index contributed by atoms with van der Waals surface area (Å²) in [5.74, 6) is 0. The first-order valence-electron chi connectivity index (χ1n) is 22.9. The number of benzene rings is 7. The minimum atomic E-state index is -0.249. The van der Waals surface area contributed by atoms with Crippen molar-refractivity contribution in [3.8, 4) is 22.3 Å². The van der Waals surface area contributed by atoms with Crippen LogP contribution >= 0.6 is 0 Å². The van der Waals surface area contributed by atoms with Gasteiger partial charge in [-0.1, -0.05) is 191 Å². The molecule has 7 aromatic carbocycles. The third-order valence-corrected chi connectivity index (χ3v) is 14.3. The molecule has 0 bridgehead atoms. The molecule has 0 aliphatic carbocycles. The Bertz CT molecular complexity index is 2800. The molecule has 4 heterocycles. The van der Waals surface area contributed by atoms with Crippen LogP contribution in [0.1, 0.15) is 105 Å². The Balaban J connectivity index is 1.42. The summed E-state index contributed by atoms with van der Waals surface area (Å²) < 4.78 is 0. The van der Waals surface area contributed by atoms with E-state index in [1.807, 2.05) is 0 Å². The zero-order valence-corrected chi connectivity index (χ0v) is 38.8. The summed E-state index contributed by atoms with van der Waals surface area (Å²) in [5, 5.41) is 0. The monoisotopic (exact) mass is 804 g/mol. The number of para-hydroxylation sites is 2. The molecule has 0 radical (unpaired) electrons. The molecule has 0 unspecified atom stereocenters. The lowest BCUT2D eigenvalue weighted by atomic mass is 9.31. The van der Waals surface area contributed by atoms with E-state index in [1.54, 1.807) is 0 Å². The summed E-state index contributed by atoms with van der Waals surface area (Å²) in [5.41, 5.74) is 26.9. The molecule has 0 fully saturated rings. The molecule has 4 aliphatic rings. The first-order valence-corrected chi connectivity index (χ1v) is 22.9. The van der Waals surface area contributed by atoms with Crippen LogP contribution in [-0.4, -0.2) is 13.4 Å². The minimum Gasteiger partial charge on any atom is -0.311 e. The fourth-order valence-electron chi connectivity index (χ4n) is 11.7. The second kappa shape index (κ2) is 12.9. The third-order valence-electron chi connectivity index (χ3n) is 14.3. The molecular weight excluding hydrogens is 746 g/mol. The van der Waals surface area contributed by atoms with Crippen LogP contribution < -0.4 is 42.6 Å². The van der Waals surface area contributed by atoms with E-state index in [0.717, 1.165) is 0 Å². The Morgan fingerprint density at radius 2 is 0.677 bits per heavy atom. The van der Waals surface area contributed by atoms with Gasteiger partial charge in [0.1, 0.15) is 0 Å². The minimum absolute atomic E-state index is 0.0454. The highest BCUT2D eigenvalue weighted by Crippen LogP contribution is 2.53. The van der Waals surface area contributed by atoms with Gasteiger partial charge in [-0.2, -0.15) is 0 Å². The fraction of sp³-hybridized carbons (Fsp3) is 0.276. The lowest BCUT2D eigenvalue weighted by Gasteiger charge is -2.49. The van der Waals surface area contributed by atoms with Crippen molar-refractivity contribution >= 4 is 80.3 Å². The van der Waals surface area contributed by atoms with E-state index in [0.29, 0.717) is 0 Å². The van der Waals surface area contributed by atoms with Crippen molar-refractivity contribution in [3.63, 3.8) is 0 Å². The van der Waals surface area contributed by atoms with Crippen LogP contribution in [0.15, 0.2) is 133 Å². The third kappa shape index (κ3) is 5.44. The van der Waals surface area contributed by atoms with Crippen molar-refractivity contribution in [3.05, 3.63) is 156 Å². The van der Waals surface area contributed by atoms with E-state index >= 15 is 0 Å². The summed E-state index contributed by atoms with van der Waals surface area (Å²) in [4.78, 5) is 5.43. The maximum atomic E-state index is 2.72. The summed E-state index contributed by atoms with van der Waals surface area (Å²) in [6.45, 7) is 29.2. The lowest BCUT2D eigenvalue weighted by molar-refractivity contribution is 0.583. The smallest absolute Gasteiger partial charge is 0.248 e. The molecule has 0 saturated heterocycles. The Labute approximate surface area is 371 Å². The second-order valence-corrected chi connectivity index (χ2v) is 22.6. The van der Waals surface area contributed by atoms with Gasteiger partial charge in [0, 0.05) is 34.1 Å². The average molecular weight is 805 g/mol. The van der Waals surface area contributed by atoms with E-state index in [1.165, 1.54) is 111 Å². The van der Waals surface area contributed by atoms with Gasteiger partial charge in [0.2, 0.25) is 13.4 Å². The number of hydrogen-bond donors (Lipinski definition) is 0. The first-order chi connectivity index (χ1) is 29.4. The Morgan fingerprint density at radius 3 is 1.02 bits per heavy atom. The first kappa shape index (κ1) is 39.1. The molecule has 4 aliphatic heterocycles. The molecule has 0 saturated carbocycles. The van der Waals surface area contributed by atoms with Crippen LogP contribution in [0.2, 0.25) is 0 Å². The van der Waals surface area contributed by atoms with Crippen LogP contribution in [0.5, 0.6) is 0 Å². The summed E-state index contributed by atoms with van der Waals surface area (Å²) >= 11 is 0. The van der Waals surface area contributed by atoms with Crippen molar-refractivity contribution in [2.45, 2.75) is 105 Å². The van der Waals surface area contributed by atoms with Crippen molar-refractivity contribution in [1.29, 1.82) is 0 Å². The van der Waals surface area contributed by atoms with Crippen LogP contribution in [0.3, 0.4) is 0 Å². The number of nitrogens with zero attached hydrogens (tertiary/aromatic N) is 2. The number of fused-ring (bicyclic) bond motifs is 10. The summed E-state index contributed by atoms with van der Waals surface area (Å²) in [7, 11) is 0. The van der Waals surface area contributed by atoms with Gasteiger partial charge >= 0.3 is 0 Å². The molecular formula is C58H58B2N2. The number of anilines is 6. The maximum absolute atomic E-state index is 2.72. The molecule has 0 N–H and O–H groups in total. The molecule has 0 spiro atoms. The van der Waals surface area contributed by atoms with Crippen molar-refractivity contribution in [2.75, 3.05) is 9.80 Å². The zero-order chi connectivity index (χ0) is 43.4. The van der Waals surface area contributed by atoms with Crippen molar-refractivity contribution < 1.29 is 0 Å². The second-order valence-electron chi connectivity index (χ2n) is 22.6. The van der Waals surface area contributed by atoms with Gasteiger partial charge in [0.05, 0.1) is 0 Å². The number of hydrogen-bond acceptors (Lipinski definition) is 2. The normalized spacial score (nSPS) is 14.6. The lowest BCUT2D eigenvalue weighted by Crippen LogP contribution is -2.63. The quantitative estimate of drug-likeness (QED) is 0.161. The molecule has 0 amide bonds. The molecule has 2 nitrogen and oxygen atoms in total. The van der Waals surface area contributed by atoms with Crippen molar-refractivity contribution in [2.24, 2.45) is 0 Å². The van der Waals surface area contributed by atoms with E-state index in [4.69, 9.17) is 0 Å². The highest BCUT2D eigenvalue weighted by Gasteiger charge is 2.54. The highest BCUT2D eigenvalue weighted by molar-refractivity contribution is 7.04. The highest BCUT2D eigenvalue weighted by atomic mass is 15.2. The van der Waals surface area contributed by atoms with Crippen LogP contribution in [-0.2, 0) is 21.7 Å². The molecule has 0 atom stereocenters. The van der Waals surface area contributed by atoms with Gasteiger partial charge in [0.25, 0.3) is 0 Å². The molecule has 11 rings (SSSR count). The van der Waals surface area contributed by atoms with Crippen LogP contribution in [0, 0.1) is 0 Å². The molecule has 62 heavy (non-hydrogen) atoms. The predicted molar refractivity (Wildman–Crippen MR) is 271 cm³/mol. The van der Waals surface area contributed by atoms with Gasteiger partial charge in [-0.25, -0.2) is 0 Å². The standard InChI is InChI=1S/C58H58B2N2/c1-55(2,3)35-31-41-39-27-19-21-29-43(39)59-49(41)45(33-35)61(37-23-15-13-16-24-37)53-47(57(7,8)9)52-54(48(51(53)59)58(10,11)12)62(38-25-17-14-18-26-38)46-34-36(56(4,5)6)32-42-40-28-20-22-30-44(40)60(52)50(42)46/h13-34H,1-12H3. The zero-order valence-electron chi connectivity index (χ0n) is 38.8. The van der Waals surface area contributed by atoms with Gasteiger partial charge in [0.15, 0.2) is 0 Å². The van der Waals surface area contributed by atoms with Crippen LogP contribution in [0.4, 0.5) is 34.1 Å². The fourth-order valence-corrected chi connectivity index (χ4v) is 11.7. The molecule has 7 aromatic rings. The van der Waals surface area contributed by atoms with Gasteiger partial charge in [-0.05, 0) is 124 Å². The van der Waals surface area contributed by atoms with E-state index < -0.39 is 0 Å². The Kier molecular flexibility index (Phi) is 8.15. The van der Waals surface area contributed by atoms with Gasteiger partial charge in [-0.3, -0.25) is 0 Å². The van der Waals surface area contributed by atoms with E-state index in [9.17, 15) is 0 Å². The van der Waals surface area contributed by atoms with Gasteiger partial charge in [-0.15, -0.1) is 0 Å². The van der Waals surface area contributed by atoms with E-state index in [-0.39, 0.29) is 35.1 Å². The van der Waals surface area contributed by atoms with Crippen molar-refractivity contribution in [1.82, 2.24) is 0 Å². The molecule has 4 heteroatoms. The van der Waals surface area contributed by atoms with E-state index in [2.05, 4.69) is 226 Å². The average Bonchev–Trinajstić information content (AvgIpc) is 3.74. The molecule has 306 valence electrons. The SMILES string of the molecule is CC(C)(C)c1cc2c3c(c1)N(c1ccccc1)c1c(c(C(C)(C)C)c4c(c1C(C)(C)C)B1c5ccccc5-c5cc(C(C)(C)C)cc(c51)N4c1ccccc1)B3c1ccccc1-2. The molecule has 0 aromatic heterocycles. The van der Waals surface area contributed by atoms with Gasteiger partial charge < -0.3 is 9.80 Å². The summed E-state index contributed by atoms with van der Waals surface area (Å²) in [6.07, 6.45) is 0. The maximum Gasteiger partial charge on any atom is 0.248 e. The largest absolute Gasteiger partial charge is 0.311 e. The Morgan fingerprint density at radius 1 is 0.339 bits per heavy atom. The summed E-state index contributed by atoms with van der Waals surface area (Å²) in [6, 6.07) is 51.5. The topological polar surface area (TPSA) is 6.48 Å². The van der Waals surface area contributed by atoms with Crippen LogP contribution in [0.25, 0.3) is 22.3 Å². The Hall–Kier alpha value is -5.73. The number of rotatable bonds is 2. The predicted octanol–water partition coefficient (Wildman–Crippen LogP) is 11.4.